The number of hydrogen-bond donors (Lipinski definition) is 0. The third kappa shape index (κ3) is 5.08. The fourth-order valence-electron chi connectivity index (χ4n) is 2.84. The number of methoxy groups -OCH3 is 2. The number of carbonyl (C=O) groups is 1. The van der Waals surface area contributed by atoms with Crippen molar-refractivity contribution in [3.8, 4) is 28.6 Å². The number of rotatable bonds is 9. The summed E-state index contributed by atoms with van der Waals surface area (Å²) in [6.45, 7) is 3.90. The first-order valence-corrected chi connectivity index (χ1v) is 9.54. The normalized spacial score (nSPS) is 10.7. The second-order valence-corrected chi connectivity index (χ2v) is 6.80. The van der Waals surface area contributed by atoms with E-state index >= 15 is 0 Å². The largest absolute Gasteiger partial charge is 0.497 e. The van der Waals surface area contributed by atoms with Crippen molar-refractivity contribution in [3.05, 3.63) is 54.4 Å². The van der Waals surface area contributed by atoms with Gasteiger partial charge < -0.3 is 23.6 Å². The molecule has 0 bridgehead atoms. The van der Waals surface area contributed by atoms with Crippen molar-refractivity contribution < 1.29 is 23.5 Å². The lowest BCUT2D eigenvalue weighted by atomic mass is 10.2. The molecule has 3 aromatic rings. The highest BCUT2D eigenvalue weighted by molar-refractivity contribution is 5.78. The Kier molecular flexibility index (Phi) is 6.90. The fraction of sp³-hybridized carbons (Fsp3) is 0.318. The van der Waals surface area contributed by atoms with E-state index < -0.39 is 0 Å². The maximum absolute atomic E-state index is 12.8. The molecule has 8 nitrogen and oxygen atoms in total. The van der Waals surface area contributed by atoms with E-state index in [-0.39, 0.29) is 25.1 Å². The Balaban J connectivity index is 1.66. The molecule has 1 heterocycles. The van der Waals surface area contributed by atoms with E-state index in [0.29, 0.717) is 23.2 Å². The van der Waals surface area contributed by atoms with Crippen molar-refractivity contribution in [1.29, 1.82) is 0 Å². The lowest BCUT2D eigenvalue weighted by molar-refractivity contribution is -0.136. The van der Waals surface area contributed by atoms with Crippen molar-refractivity contribution >= 4 is 5.91 Å². The maximum Gasteiger partial charge on any atom is 0.261 e. The SMILES string of the molecule is COc1ccc(-c2noc(CN(C(=O)COc3ccccc3OC)C(C)C)n2)cc1. The minimum Gasteiger partial charge on any atom is -0.497 e. The van der Waals surface area contributed by atoms with Crippen molar-refractivity contribution in [3.63, 3.8) is 0 Å². The molecule has 0 unspecified atom stereocenters. The summed E-state index contributed by atoms with van der Waals surface area (Å²) in [5.74, 6) is 2.43. The van der Waals surface area contributed by atoms with E-state index in [1.54, 1.807) is 31.3 Å². The Morgan fingerprint density at radius 2 is 1.73 bits per heavy atom. The van der Waals surface area contributed by atoms with Gasteiger partial charge in [-0.2, -0.15) is 4.98 Å². The van der Waals surface area contributed by atoms with Gasteiger partial charge in [-0.1, -0.05) is 17.3 Å². The molecule has 0 N–H and O–H groups in total. The highest BCUT2D eigenvalue weighted by Gasteiger charge is 2.22. The zero-order valence-electron chi connectivity index (χ0n) is 17.5. The van der Waals surface area contributed by atoms with Crippen LogP contribution in [-0.4, -0.2) is 47.8 Å². The van der Waals surface area contributed by atoms with Crippen LogP contribution in [0.5, 0.6) is 17.2 Å². The summed E-state index contributed by atoms with van der Waals surface area (Å²) in [6.07, 6.45) is 0. The molecule has 0 spiro atoms. The van der Waals surface area contributed by atoms with Gasteiger partial charge in [0.25, 0.3) is 5.91 Å². The molecule has 158 valence electrons. The topological polar surface area (TPSA) is 86.9 Å². The minimum atomic E-state index is -0.194. The zero-order chi connectivity index (χ0) is 21.5. The van der Waals surface area contributed by atoms with Crippen LogP contribution in [0.4, 0.5) is 0 Å². The van der Waals surface area contributed by atoms with Crippen molar-refractivity contribution in [2.24, 2.45) is 0 Å². The predicted molar refractivity (Wildman–Crippen MR) is 110 cm³/mol. The van der Waals surface area contributed by atoms with E-state index in [9.17, 15) is 4.79 Å². The molecular formula is C22H25N3O5. The Bertz CT molecular complexity index is 969. The number of carbonyl (C=O) groups excluding carboxylic acids is 1. The average molecular weight is 411 g/mol. The maximum atomic E-state index is 12.8. The van der Waals surface area contributed by atoms with Crippen LogP contribution in [0, 0.1) is 0 Å². The fourth-order valence-corrected chi connectivity index (χ4v) is 2.84. The quantitative estimate of drug-likeness (QED) is 0.532. The van der Waals surface area contributed by atoms with Crippen LogP contribution in [0.15, 0.2) is 53.1 Å². The van der Waals surface area contributed by atoms with Gasteiger partial charge in [-0.15, -0.1) is 0 Å². The summed E-state index contributed by atoms with van der Waals surface area (Å²) < 4.78 is 21.4. The molecule has 1 amide bonds. The van der Waals surface area contributed by atoms with Crippen LogP contribution in [0.3, 0.4) is 0 Å². The second-order valence-electron chi connectivity index (χ2n) is 6.80. The molecule has 0 radical (unpaired) electrons. The van der Waals surface area contributed by atoms with Gasteiger partial charge in [0, 0.05) is 11.6 Å². The lowest BCUT2D eigenvalue weighted by Crippen LogP contribution is -2.39. The molecule has 0 aliphatic carbocycles. The Hall–Kier alpha value is -3.55. The van der Waals surface area contributed by atoms with Crippen LogP contribution < -0.4 is 14.2 Å². The van der Waals surface area contributed by atoms with Gasteiger partial charge >= 0.3 is 0 Å². The van der Waals surface area contributed by atoms with E-state index in [1.807, 2.05) is 50.2 Å². The van der Waals surface area contributed by atoms with E-state index in [0.717, 1.165) is 11.3 Å². The summed E-state index contributed by atoms with van der Waals surface area (Å²) in [6, 6.07) is 14.5. The molecule has 0 aliphatic rings. The molecule has 8 heteroatoms. The molecule has 0 aliphatic heterocycles. The molecule has 30 heavy (non-hydrogen) atoms. The van der Waals surface area contributed by atoms with Gasteiger partial charge in [0.2, 0.25) is 11.7 Å². The van der Waals surface area contributed by atoms with Gasteiger partial charge in [0.15, 0.2) is 18.1 Å². The highest BCUT2D eigenvalue weighted by Crippen LogP contribution is 2.26. The predicted octanol–water partition coefficient (Wildman–Crippen LogP) is 3.57. The number of hydrogen-bond acceptors (Lipinski definition) is 7. The van der Waals surface area contributed by atoms with Crippen LogP contribution in [0.2, 0.25) is 0 Å². The molecule has 3 rings (SSSR count). The third-order valence-corrected chi connectivity index (χ3v) is 4.49. The average Bonchev–Trinajstić information content (AvgIpc) is 3.24. The number of benzene rings is 2. The Morgan fingerprint density at radius 1 is 1.03 bits per heavy atom. The Morgan fingerprint density at radius 3 is 2.37 bits per heavy atom. The van der Waals surface area contributed by atoms with Crippen molar-refractivity contribution in [1.82, 2.24) is 15.0 Å². The number of nitrogens with zero attached hydrogens (tertiary/aromatic N) is 3. The monoisotopic (exact) mass is 411 g/mol. The summed E-state index contributed by atoms with van der Waals surface area (Å²) in [5.41, 5.74) is 0.799. The van der Waals surface area contributed by atoms with E-state index in [4.69, 9.17) is 18.7 Å². The van der Waals surface area contributed by atoms with E-state index in [1.165, 1.54) is 0 Å². The molecule has 2 aromatic carbocycles. The number of aromatic nitrogens is 2. The third-order valence-electron chi connectivity index (χ3n) is 4.49. The Labute approximate surface area is 175 Å². The number of para-hydroxylation sites is 2. The van der Waals surface area contributed by atoms with Crippen LogP contribution in [-0.2, 0) is 11.3 Å². The van der Waals surface area contributed by atoms with Crippen LogP contribution in [0.1, 0.15) is 19.7 Å². The molecule has 0 saturated carbocycles. The van der Waals surface area contributed by atoms with Crippen LogP contribution in [0.25, 0.3) is 11.4 Å². The first-order chi connectivity index (χ1) is 14.5. The van der Waals surface area contributed by atoms with E-state index in [2.05, 4.69) is 10.1 Å². The summed E-state index contributed by atoms with van der Waals surface area (Å²) >= 11 is 0. The van der Waals surface area contributed by atoms with Gasteiger partial charge in [-0.25, -0.2) is 0 Å². The molecule has 0 saturated heterocycles. The number of amides is 1. The summed E-state index contributed by atoms with van der Waals surface area (Å²) in [7, 11) is 3.16. The van der Waals surface area contributed by atoms with Crippen LogP contribution >= 0.6 is 0 Å². The molecular weight excluding hydrogens is 386 g/mol. The van der Waals surface area contributed by atoms with Gasteiger partial charge in [-0.05, 0) is 50.2 Å². The van der Waals surface area contributed by atoms with Gasteiger partial charge in [0.1, 0.15) is 12.3 Å². The molecule has 0 atom stereocenters. The second kappa shape index (κ2) is 9.78. The van der Waals surface area contributed by atoms with Gasteiger partial charge in [0.05, 0.1) is 14.2 Å². The smallest absolute Gasteiger partial charge is 0.261 e. The zero-order valence-corrected chi connectivity index (χ0v) is 17.5. The molecule has 0 fully saturated rings. The summed E-state index contributed by atoms with van der Waals surface area (Å²) in [4.78, 5) is 18.8. The first kappa shape index (κ1) is 21.2. The molecule has 1 aromatic heterocycles. The first-order valence-electron chi connectivity index (χ1n) is 9.54. The highest BCUT2D eigenvalue weighted by atomic mass is 16.5. The van der Waals surface area contributed by atoms with Crippen molar-refractivity contribution in [2.45, 2.75) is 26.4 Å². The number of ether oxygens (including phenoxy) is 3. The standard InChI is InChI=1S/C22H25N3O5/c1-15(2)25(21(26)14-29-19-8-6-5-7-18(19)28-4)13-20-23-22(24-30-20)16-9-11-17(27-3)12-10-16/h5-12,15H,13-14H2,1-4H3. The summed E-state index contributed by atoms with van der Waals surface area (Å²) in [5, 5.41) is 4.02. The van der Waals surface area contributed by atoms with Gasteiger partial charge in [-0.3, -0.25) is 4.79 Å². The van der Waals surface area contributed by atoms with Crippen molar-refractivity contribution in [2.75, 3.05) is 20.8 Å². The lowest BCUT2D eigenvalue weighted by Gasteiger charge is -2.25. The minimum absolute atomic E-state index is 0.0740.